The first-order valence-electron chi connectivity index (χ1n) is 6.50. The first kappa shape index (κ1) is 16.5. The molecule has 2 aromatic rings. The highest BCUT2D eigenvalue weighted by Gasteiger charge is 2.17. The fourth-order valence-corrected chi connectivity index (χ4v) is 3.57. The van der Waals surface area contributed by atoms with E-state index in [4.69, 9.17) is 4.74 Å². The van der Waals surface area contributed by atoms with Crippen LogP contribution in [-0.2, 0) is 6.42 Å². The van der Waals surface area contributed by atoms with Crippen LogP contribution in [0, 0.1) is 5.82 Å². The summed E-state index contributed by atoms with van der Waals surface area (Å²) in [5.74, 6) is -0.0225. The Balaban J connectivity index is 2.31. The van der Waals surface area contributed by atoms with Crippen molar-refractivity contribution >= 4 is 31.9 Å². The van der Waals surface area contributed by atoms with E-state index in [2.05, 4.69) is 37.2 Å². The molecule has 1 unspecified atom stereocenters. The van der Waals surface area contributed by atoms with E-state index in [0.717, 1.165) is 14.5 Å². The maximum atomic E-state index is 14.3. The monoisotopic (exact) mass is 415 g/mol. The predicted octanol–water partition coefficient (Wildman–Crippen LogP) is 4.86. The van der Waals surface area contributed by atoms with Crippen LogP contribution in [0.1, 0.15) is 17.2 Å². The third-order valence-corrected chi connectivity index (χ3v) is 4.55. The van der Waals surface area contributed by atoms with Crippen LogP contribution in [0.2, 0.25) is 0 Å². The fourth-order valence-electron chi connectivity index (χ4n) is 2.24. The molecule has 0 radical (unpaired) electrons. The Morgan fingerprint density at radius 3 is 2.62 bits per heavy atom. The van der Waals surface area contributed by atoms with Crippen LogP contribution in [0.5, 0.6) is 5.75 Å². The lowest BCUT2D eigenvalue weighted by Gasteiger charge is -2.19. The molecular formula is C16H16Br2FNO. The predicted molar refractivity (Wildman–Crippen MR) is 90.3 cm³/mol. The van der Waals surface area contributed by atoms with Crippen molar-refractivity contribution < 1.29 is 9.13 Å². The normalized spacial score (nSPS) is 12.2. The van der Waals surface area contributed by atoms with E-state index in [1.54, 1.807) is 18.2 Å². The highest BCUT2D eigenvalue weighted by atomic mass is 79.9. The van der Waals surface area contributed by atoms with Crippen LogP contribution in [-0.4, -0.2) is 14.2 Å². The summed E-state index contributed by atoms with van der Waals surface area (Å²) in [5, 5.41) is 3.24. The zero-order valence-electron chi connectivity index (χ0n) is 11.8. The van der Waals surface area contributed by atoms with E-state index in [1.165, 1.54) is 7.11 Å². The molecule has 21 heavy (non-hydrogen) atoms. The quantitative estimate of drug-likeness (QED) is 0.751. The van der Waals surface area contributed by atoms with E-state index >= 15 is 0 Å². The molecule has 0 bridgehead atoms. The average molecular weight is 417 g/mol. The van der Waals surface area contributed by atoms with Gasteiger partial charge >= 0.3 is 0 Å². The molecule has 0 heterocycles. The number of rotatable bonds is 5. The minimum absolute atomic E-state index is 0.00841. The molecular weight excluding hydrogens is 401 g/mol. The van der Waals surface area contributed by atoms with Gasteiger partial charge in [0.1, 0.15) is 0 Å². The number of likely N-dealkylation sites (N-methyl/N-ethyl adjacent to an activating group) is 1. The van der Waals surface area contributed by atoms with E-state index in [9.17, 15) is 4.39 Å². The largest absolute Gasteiger partial charge is 0.494 e. The van der Waals surface area contributed by atoms with Gasteiger partial charge in [-0.3, -0.25) is 0 Å². The summed E-state index contributed by atoms with van der Waals surface area (Å²) < 4.78 is 21.3. The van der Waals surface area contributed by atoms with Crippen LogP contribution >= 0.6 is 31.9 Å². The lowest BCUT2D eigenvalue weighted by atomic mass is 9.98. The molecule has 0 aromatic heterocycles. The maximum Gasteiger partial charge on any atom is 0.168 e. The van der Waals surface area contributed by atoms with Gasteiger partial charge in [0.2, 0.25) is 0 Å². The summed E-state index contributed by atoms with van der Waals surface area (Å²) >= 11 is 7.00. The lowest BCUT2D eigenvalue weighted by Crippen LogP contribution is -2.20. The lowest BCUT2D eigenvalue weighted by molar-refractivity contribution is 0.383. The van der Waals surface area contributed by atoms with Crippen molar-refractivity contribution in [3.8, 4) is 5.75 Å². The second kappa shape index (κ2) is 7.38. The standard InChI is InChI=1S/C16H16Br2FNO/c1-20-14(12-7-6-11(17)9-13(12)18)8-10-4-3-5-15(21-2)16(10)19/h3-7,9,14,20H,8H2,1-2H3. The molecule has 0 saturated carbocycles. The molecule has 0 amide bonds. The van der Waals surface area contributed by atoms with Crippen LogP contribution < -0.4 is 10.1 Å². The maximum absolute atomic E-state index is 14.3. The number of nitrogens with one attached hydrogen (secondary N) is 1. The number of methoxy groups -OCH3 is 1. The van der Waals surface area contributed by atoms with Gasteiger partial charge < -0.3 is 10.1 Å². The van der Waals surface area contributed by atoms with Crippen LogP contribution in [0.4, 0.5) is 4.39 Å². The van der Waals surface area contributed by atoms with Crippen molar-refractivity contribution in [2.75, 3.05) is 14.2 Å². The van der Waals surface area contributed by atoms with Crippen molar-refractivity contribution in [3.05, 3.63) is 62.3 Å². The van der Waals surface area contributed by atoms with Gasteiger partial charge in [-0.05, 0) is 42.8 Å². The Morgan fingerprint density at radius 2 is 2.00 bits per heavy atom. The van der Waals surface area contributed by atoms with Gasteiger partial charge in [0.05, 0.1) is 7.11 Å². The molecule has 0 aliphatic carbocycles. The molecule has 112 valence electrons. The van der Waals surface area contributed by atoms with E-state index < -0.39 is 0 Å². The average Bonchev–Trinajstić information content (AvgIpc) is 2.47. The van der Waals surface area contributed by atoms with Crippen molar-refractivity contribution in [1.82, 2.24) is 5.32 Å². The summed E-state index contributed by atoms with van der Waals surface area (Å²) in [6, 6.07) is 11.2. The topological polar surface area (TPSA) is 21.3 Å². The molecule has 1 atom stereocenters. The molecule has 0 aliphatic rings. The Bertz CT molecular complexity index is 634. The first-order chi connectivity index (χ1) is 10.1. The second-order valence-electron chi connectivity index (χ2n) is 4.64. The van der Waals surface area contributed by atoms with Crippen LogP contribution in [0.15, 0.2) is 45.3 Å². The number of hydrogen-bond donors (Lipinski definition) is 1. The molecule has 0 fully saturated rings. The smallest absolute Gasteiger partial charge is 0.168 e. The second-order valence-corrected chi connectivity index (χ2v) is 6.41. The van der Waals surface area contributed by atoms with Crippen molar-refractivity contribution in [1.29, 1.82) is 0 Å². The van der Waals surface area contributed by atoms with Crippen molar-refractivity contribution in [2.45, 2.75) is 12.5 Å². The van der Waals surface area contributed by atoms with Gasteiger partial charge in [-0.25, -0.2) is 4.39 Å². The van der Waals surface area contributed by atoms with E-state index in [-0.39, 0.29) is 17.6 Å². The molecule has 0 saturated heterocycles. The van der Waals surface area contributed by atoms with Gasteiger partial charge in [-0.15, -0.1) is 0 Å². The first-order valence-corrected chi connectivity index (χ1v) is 8.09. The Labute approximate surface area is 141 Å². The number of hydrogen-bond acceptors (Lipinski definition) is 2. The van der Waals surface area contributed by atoms with Gasteiger partial charge in [-0.2, -0.15) is 0 Å². The third kappa shape index (κ3) is 3.84. The Morgan fingerprint density at radius 1 is 1.24 bits per heavy atom. The van der Waals surface area contributed by atoms with Gasteiger partial charge in [0, 0.05) is 15.0 Å². The summed E-state index contributed by atoms with van der Waals surface area (Å²) in [5.41, 5.74) is 1.71. The SMILES string of the molecule is CNC(Cc1cccc(OC)c1F)c1ccc(Br)cc1Br. The van der Waals surface area contributed by atoms with Crippen molar-refractivity contribution in [3.63, 3.8) is 0 Å². The minimum Gasteiger partial charge on any atom is -0.494 e. The van der Waals surface area contributed by atoms with E-state index in [1.807, 2.05) is 25.2 Å². The Hall–Kier alpha value is -0.910. The molecule has 0 aliphatic heterocycles. The summed E-state index contributed by atoms with van der Waals surface area (Å²) in [4.78, 5) is 0. The number of halogens is 3. The number of benzene rings is 2. The molecule has 2 aromatic carbocycles. The van der Waals surface area contributed by atoms with Gasteiger partial charge in [0.25, 0.3) is 0 Å². The molecule has 2 nitrogen and oxygen atoms in total. The third-order valence-electron chi connectivity index (χ3n) is 3.37. The van der Waals surface area contributed by atoms with Gasteiger partial charge in [-0.1, -0.05) is 50.1 Å². The van der Waals surface area contributed by atoms with Crippen molar-refractivity contribution in [2.24, 2.45) is 0 Å². The van der Waals surface area contributed by atoms with Gasteiger partial charge in [0.15, 0.2) is 11.6 Å². The van der Waals surface area contributed by atoms with Crippen LogP contribution in [0.25, 0.3) is 0 Å². The zero-order chi connectivity index (χ0) is 15.4. The highest BCUT2D eigenvalue weighted by Crippen LogP contribution is 2.30. The molecule has 0 spiro atoms. The summed E-state index contributed by atoms with van der Waals surface area (Å²) in [6.45, 7) is 0. The van der Waals surface area contributed by atoms with Crippen LogP contribution in [0.3, 0.4) is 0 Å². The molecule has 5 heteroatoms. The number of ether oxygens (including phenoxy) is 1. The molecule has 1 N–H and O–H groups in total. The summed E-state index contributed by atoms with van der Waals surface area (Å²) in [7, 11) is 3.35. The Kier molecular flexibility index (Phi) is 5.79. The zero-order valence-corrected chi connectivity index (χ0v) is 15.0. The minimum atomic E-state index is -0.298. The highest BCUT2D eigenvalue weighted by molar-refractivity contribution is 9.11. The fraction of sp³-hybridized carbons (Fsp3) is 0.250. The van der Waals surface area contributed by atoms with E-state index in [0.29, 0.717) is 12.0 Å². The summed E-state index contributed by atoms with van der Waals surface area (Å²) in [6.07, 6.45) is 0.541. The molecule has 2 rings (SSSR count).